The molecule has 0 aromatic carbocycles. The largest absolute Gasteiger partial charge is 0.383 e. The van der Waals surface area contributed by atoms with E-state index in [0.29, 0.717) is 18.6 Å². The van der Waals surface area contributed by atoms with Crippen LogP contribution in [0.4, 0.5) is 0 Å². The molecule has 2 aromatic heterocycles. The lowest BCUT2D eigenvalue weighted by Gasteiger charge is -2.32. The Kier molecular flexibility index (Phi) is 5.65. The molecule has 132 valence electrons. The topological polar surface area (TPSA) is 69.2 Å². The van der Waals surface area contributed by atoms with E-state index in [0.717, 1.165) is 44.1 Å². The third-order valence-corrected chi connectivity index (χ3v) is 5.72. The van der Waals surface area contributed by atoms with E-state index in [2.05, 4.69) is 45.1 Å². The average Bonchev–Trinajstić information content (AvgIpc) is 3.09. The Labute approximate surface area is 147 Å². The quantitative estimate of drug-likeness (QED) is 0.791. The van der Waals surface area contributed by atoms with E-state index in [9.17, 15) is 0 Å². The van der Waals surface area contributed by atoms with Crippen molar-refractivity contribution in [2.75, 3.05) is 20.8 Å². The van der Waals surface area contributed by atoms with Gasteiger partial charge < -0.3 is 15.0 Å². The molecule has 0 aliphatic heterocycles. The molecule has 0 saturated heterocycles. The van der Waals surface area contributed by atoms with Gasteiger partial charge in [-0.2, -0.15) is 0 Å². The summed E-state index contributed by atoms with van der Waals surface area (Å²) in [6.07, 6.45) is 2.02. The van der Waals surface area contributed by atoms with Crippen LogP contribution < -0.4 is 5.73 Å². The number of rotatable bonds is 8. The number of hydrogen-bond acceptors (Lipinski definition) is 6. The van der Waals surface area contributed by atoms with Crippen molar-refractivity contribution in [2.45, 2.75) is 51.4 Å². The van der Waals surface area contributed by atoms with Crippen molar-refractivity contribution in [1.29, 1.82) is 0 Å². The molecule has 24 heavy (non-hydrogen) atoms. The summed E-state index contributed by atoms with van der Waals surface area (Å²) in [4.78, 5) is 3.70. The Hall–Kier alpha value is -1.28. The van der Waals surface area contributed by atoms with Crippen molar-refractivity contribution in [3.05, 3.63) is 33.5 Å². The zero-order chi connectivity index (χ0) is 17.1. The van der Waals surface area contributed by atoms with Gasteiger partial charge >= 0.3 is 0 Å². The summed E-state index contributed by atoms with van der Waals surface area (Å²) < 4.78 is 7.50. The molecule has 2 aromatic rings. The number of ether oxygens (including phenoxy) is 1. The summed E-state index contributed by atoms with van der Waals surface area (Å²) in [7, 11) is 3.86. The summed E-state index contributed by atoms with van der Waals surface area (Å²) in [5, 5.41) is 11.1. The second-order valence-electron chi connectivity index (χ2n) is 6.75. The minimum atomic E-state index is 0.315. The van der Waals surface area contributed by atoms with Crippen LogP contribution in [-0.2, 0) is 24.4 Å². The van der Waals surface area contributed by atoms with Crippen LogP contribution in [0.2, 0.25) is 0 Å². The summed E-state index contributed by atoms with van der Waals surface area (Å²) in [5.41, 5.74) is 7.30. The van der Waals surface area contributed by atoms with Crippen LogP contribution in [0.25, 0.3) is 0 Å². The van der Waals surface area contributed by atoms with Gasteiger partial charge in [-0.1, -0.05) is 0 Å². The van der Waals surface area contributed by atoms with E-state index in [1.807, 2.05) is 11.3 Å². The molecule has 0 radical (unpaired) electrons. The van der Waals surface area contributed by atoms with Crippen molar-refractivity contribution in [1.82, 2.24) is 19.7 Å². The summed E-state index contributed by atoms with van der Waals surface area (Å²) in [6.45, 7) is 5.35. The van der Waals surface area contributed by atoms with Crippen molar-refractivity contribution < 1.29 is 4.74 Å². The molecule has 1 aliphatic rings. The first-order chi connectivity index (χ1) is 11.6. The van der Waals surface area contributed by atoms with E-state index in [1.54, 1.807) is 7.11 Å². The van der Waals surface area contributed by atoms with Crippen molar-refractivity contribution in [3.63, 3.8) is 0 Å². The molecule has 1 aliphatic carbocycles. The van der Waals surface area contributed by atoms with E-state index in [-0.39, 0.29) is 0 Å². The highest BCUT2D eigenvalue weighted by molar-refractivity contribution is 7.10. The fraction of sp³-hybridized carbons (Fsp3) is 0.647. The fourth-order valence-corrected chi connectivity index (χ4v) is 4.16. The predicted molar refractivity (Wildman–Crippen MR) is 96.1 cm³/mol. The van der Waals surface area contributed by atoms with Gasteiger partial charge in [-0.15, -0.1) is 21.5 Å². The van der Waals surface area contributed by atoms with E-state index in [4.69, 9.17) is 10.5 Å². The third-order valence-electron chi connectivity index (χ3n) is 4.71. The number of nitrogens with zero attached hydrogens (tertiary/aromatic N) is 4. The first-order valence-corrected chi connectivity index (χ1v) is 9.34. The summed E-state index contributed by atoms with van der Waals surface area (Å²) in [5.74, 6) is 2.53. The number of hydrogen-bond donors (Lipinski definition) is 1. The fourth-order valence-electron chi connectivity index (χ4n) is 3.18. The Bertz CT molecular complexity index is 662. The van der Waals surface area contributed by atoms with Gasteiger partial charge in [-0.25, -0.2) is 0 Å². The Morgan fingerprint density at radius 2 is 2.17 bits per heavy atom. The molecule has 3 rings (SSSR count). The smallest absolute Gasteiger partial charge is 0.147 e. The molecule has 0 unspecified atom stereocenters. The Balaban J connectivity index is 1.70. The van der Waals surface area contributed by atoms with Gasteiger partial charge in [0.15, 0.2) is 0 Å². The van der Waals surface area contributed by atoms with Gasteiger partial charge in [0.2, 0.25) is 0 Å². The molecular weight excluding hydrogens is 322 g/mol. The van der Waals surface area contributed by atoms with E-state index in [1.165, 1.54) is 10.4 Å². The van der Waals surface area contributed by atoms with Crippen molar-refractivity contribution in [3.8, 4) is 0 Å². The molecule has 0 atom stereocenters. The van der Waals surface area contributed by atoms with Gasteiger partial charge in [-0.3, -0.25) is 4.90 Å². The third kappa shape index (κ3) is 3.85. The Morgan fingerprint density at radius 1 is 1.38 bits per heavy atom. The molecule has 1 fully saturated rings. The maximum Gasteiger partial charge on any atom is 0.147 e. The number of methoxy groups -OCH3 is 1. The molecule has 7 heteroatoms. The predicted octanol–water partition coefficient (Wildman–Crippen LogP) is 2.13. The van der Waals surface area contributed by atoms with Crippen LogP contribution in [0.3, 0.4) is 0 Å². The van der Waals surface area contributed by atoms with Crippen LogP contribution in [0.5, 0.6) is 0 Å². The van der Waals surface area contributed by atoms with Crippen LogP contribution in [0.1, 0.15) is 40.8 Å². The molecular formula is C17H27N5OS. The minimum absolute atomic E-state index is 0.315. The molecule has 0 amide bonds. The molecule has 6 nitrogen and oxygen atoms in total. The van der Waals surface area contributed by atoms with Gasteiger partial charge in [-0.05, 0) is 43.8 Å². The molecule has 0 spiro atoms. The monoisotopic (exact) mass is 349 g/mol. The van der Waals surface area contributed by atoms with Gasteiger partial charge in [0.25, 0.3) is 0 Å². The number of nitrogens with two attached hydrogens (primary N) is 1. The van der Waals surface area contributed by atoms with Crippen LogP contribution in [0.15, 0.2) is 11.4 Å². The lowest BCUT2D eigenvalue weighted by molar-refractivity contribution is 0.181. The molecule has 0 bridgehead atoms. The zero-order valence-corrected chi connectivity index (χ0v) is 15.6. The van der Waals surface area contributed by atoms with E-state index >= 15 is 0 Å². The van der Waals surface area contributed by atoms with Crippen LogP contribution in [0, 0.1) is 6.92 Å². The molecule has 2 heterocycles. The summed E-state index contributed by atoms with van der Waals surface area (Å²) >= 11 is 1.81. The van der Waals surface area contributed by atoms with Crippen LogP contribution >= 0.6 is 11.3 Å². The zero-order valence-electron chi connectivity index (χ0n) is 14.7. The maximum atomic E-state index is 5.94. The number of aromatic nitrogens is 3. The standard InChI is InChI=1S/C17H27N5OS/c1-12-4-7-24-15(12)10-21(2)11-16-19-20-17(13-8-14(18)9-13)22(16)5-6-23-3/h4,7,13-14H,5-6,8-11,18H2,1-3H3. The number of aryl methyl sites for hydroxylation is 1. The highest BCUT2D eigenvalue weighted by Gasteiger charge is 2.32. The maximum absolute atomic E-state index is 5.94. The molecule has 2 N–H and O–H groups in total. The van der Waals surface area contributed by atoms with Gasteiger partial charge in [0.1, 0.15) is 11.6 Å². The normalized spacial score (nSPS) is 20.5. The second kappa shape index (κ2) is 7.74. The molecule has 1 saturated carbocycles. The first-order valence-electron chi connectivity index (χ1n) is 8.46. The van der Waals surface area contributed by atoms with Crippen molar-refractivity contribution >= 4 is 11.3 Å². The number of thiophene rings is 1. The average molecular weight is 350 g/mol. The SMILES string of the molecule is COCCn1c(CN(C)Cc2sccc2C)nnc1C1CC(N)C1. The highest BCUT2D eigenvalue weighted by Crippen LogP contribution is 2.35. The Morgan fingerprint density at radius 3 is 2.79 bits per heavy atom. The van der Waals surface area contributed by atoms with Gasteiger partial charge in [0.05, 0.1) is 13.2 Å². The van der Waals surface area contributed by atoms with Gasteiger partial charge in [0, 0.05) is 37.0 Å². The van der Waals surface area contributed by atoms with Crippen LogP contribution in [-0.4, -0.2) is 46.5 Å². The second-order valence-corrected chi connectivity index (χ2v) is 7.75. The lowest BCUT2D eigenvalue weighted by atomic mass is 9.80. The first kappa shape index (κ1) is 17.5. The summed E-state index contributed by atoms with van der Waals surface area (Å²) in [6, 6.07) is 2.49. The van der Waals surface area contributed by atoms with Crippen molar-refractivity contribution in [2.24, 2.45) is 5.73 Å². The lowest BCUT2D eigenvalue weighted by Crippen LogP contribution is -2.36. The minimum Gasteiger partial charge on any atom is -0.383 e. The highest BCUT2D eigenvalue weighted by atomic mass is 32.1. The van der Waals surface area contributed by atoms with E-state index < -0.39 is 0 Å².